The Hall–Kier alpha value is 0.626. The van der Waals surface area contributed by atoms with Gasteiger partial charge in [-0.2, -0.15) is 47.9 Å². The molecule has 3 nitrogen and oxygen atoms in total. The number of hydrogen-bond donors (Lipinski definition) is 1. The second-order valence-electron chi connectivity index (χ2n) is 2.64. The minimum absolute atomic E-state index is 0. The first kappa shape index (κ1) is 28.7. The van der Waals surface area contributed by atoms with Crippen molar-refractivity contribution in [3.05, 3.63) is 0 Å². The molecular weight excluding hydrogens is 394 g/mol. The normalized spacial score (nSPS) is 13.7. The molecule has 0 aliphatic carbocycles. The van der Waals surface area contributed by atoms with E-state index < -0.39 is 33.4 Å². The van der Waals surface area contributed by atoms with E-state index in [1.54, 1.807) is 0 Å². The Morgan fingerprint density at radius 3 is 1.10 bits per heavy atom. The third-order valence-corrected chi connectivity index (χ3v) is 2.34. The fourth-order valence-electron chi connectivity index (χ4n) is 0.523. The van der Waals surface area contributed by atoms with Gasteiger partial charge >= 0.3 is 56.4 Å². The molecule has 0 spiro atoms. The van der Waals surface area contributed by atoms with Gasteiger partial charge in [0.25, 0.3) is 0 Å². The summed E-state index contributed by atoms with van der Waals surface area (Å²) in [6.07, 6.45) is -7.13. The average Bonchev–Trinajstić information content (AvgIpc) is 1.98. The summed E-state index contributed by atoms with van der Waals surface area (Å²) in [5.74, 6) is -14.7. The predicted octanol–water partition coefficient (Wildman–Crippen LogP) is -4.07. The fraction of sp³-hybridized carbons (Fsp3) is 1.00. The molecule has 0 saturated carbocycles. The van der Waals surface area contributed by atoms with Gasteiger partial charge in [-0.3, -0.25) is 4.55 Å². The Morgan fingerprint density at radius 2 is 0.950 bits per heavy atom. The molecule has 0 amide bonds. The van der Waals surface area contributed by atoms with Crippen molar-refractivity contribution >= 4 is 33.2 Å². The van der Waals surface area contributed by atoms with E-state index in [2.05, 4.69) is 0 Å². The smallest absolute Gasteiger partial charge is 1.00 e. The van der Waals surface area contributed by atoms with Gasteiger partial charge < -0.3 is 24.8 Å². The molecule has 0 rings (SSSR count). The largest absolute Gasteiger partial charge is 2.00 e. The monoisotopic (exact) mass is 394 g/mol. The molecule has 120 valence electrons. The van der Waals surface area contributed by atoms with E-state index in [0.29, 0.717) is 0 Å². The molecule has 0 aliphatic heterocycles. The molecule has 16 heteroatoms. The predicted molar refractivity (Wildman–Crippen MR) is 38.2 cm³/mol. The average molecular weight is 395 g/mol. The molecule has 0 bridgehead atoms. The summed E-state index contributed by atoms with van der Waals surface area (Å²) in [7, 11) is -7.17. The van der Waals surface area contributed by atoms with Gasteiger partial charge in [-0.15, -0.1) is 0 Å². The van der Waals surface area contributed by atoms with Crippen LogP contribution >= 0.6 is 0 Å². The van der Waals surface area contributed by atoms with Crippen molar-refractivity contribution in [2.24, 2.45) is 0 Å². The van der Waals surface area contributed by atoms with E-state index in [4.69, 9.17) is 4.55 Å². The van der Waals surface area contributed by atoms with E-state index >= 15 is 0 Å². The van der Waals surface area contributed by atoms with Crippen molar-refractivity contribution in [1.82, 2.24) is 0 Å². The zero-order valence-corrected chi connectivity index (χ0v) is 12.3. The van der Waals surface area contributed by atoms with Crippen LogP contribution in [0, 0.1) is 0 Å². The third kappa shape index (κ3) is 4.31. The van der Waals surface area contributed by atoms with Crippen LogP contribution in [0.5, 0.6) is 0 Å². The Kier molecular flexibility index (Phi) is 10.4. The summed E-state index contributed by atoms with van der Waals surface area (Å²) in [5, 5.41) is -7.00. The van der Waals surface area contributed by atoms with Crippen molar-refractivity contribution in [2.75, 3.05) is 0 Å². The molecule has 1 N–H and O–H groups in total. The van der Waals surface area contributed by atoms with Crippen LogP contribution in [0.2, 0.25) is 0 Å². The quantitative estimate of drug-likeness (QED) is 0.301. The second kappa shape index (κ2) is 7.26. The summed E-state index contributed by atoms with van der Waals surface area (Å²) < 4.78 is 134. The van der Waals surface area contributed by atoms with Gasteiger partial charge in [-0.1, -0.05) is 0 Å². The van der Waals surface area contributed by atoms with Crippen LogP contribution in [-0.4, -0.2) is 59.3 Å². The Labute approximate surface area is 134 Å². The molecule has 0 aromatic heterocycles. The molecule has 0 radical (unpaired) electrons. The van der Waals surface area contributed by atoms with Gasteiger partial charge in [0.05, 0.1) is 0 Å². The Bertz CT molecular complexity index is 408. The molecule has 0 aromatic rings. The number of halogens is 11. The molecule has 0 saturated heterocycles. The van der Waals surface area contributed by atoms with Crippen molar-refractivity contribution in [2.45, 2.75) is 23.3 Å². The van der Waals surface area contributed by atoms with Crippen molar-refractivity contribution in [3.63, 3.8) is 0 Å². The summed E-state index contributed by atoms with van der Waals surface area (Å²) in [5.41, 5.74) is 0. The molecule has 0 aliphatic rings. The first-order valence-corrected chi connectivity index (χ1v) is 4.61. The van der Waals surface area contributed by atoms with Gasteiger partial charge in [0.1, 0.15) is 0 Å². The standard InChI is InChI=1S/C4HF9O3S.2ClH.Mg/c5-1(6,3(9,10)11)2(7,8)4(12,13)17(14,15)16;;;/h(H,14,15,16);2*1H;/q;;;+2/p-2. The van der Waals surface area contributed by atoms with Crippen LogP contribution in [0.25, 0.3) is 0 Å². The maximum Gasteiger partial charge on any atom is 2.00 e. The zero-order valence-electron chi connectivity index (χ0n) is 8.54. The van der Waals surface area contributed by atoms with Gasteiger partial charge in [0, 0.05) is 0 Å². The van der Waals surface area contributed by atoms with Crippen LogP contribution in [-0.2, 0) is 10.1 Å². The summed E-state index contributed by atoms with van der Waals surface area (Å²) in [4.78, 5) is 0. The molecule has 0 aromatic carbocycles. The number of alkyl halides is 9. The van der Waals surface area contributed by atoms with Crippen molar-refractivity contribution in [3.8, 4) is 0 Å². The Morgan fingerprint density at radius 1 is 0.700 bits per heavy atom. The summed E-state index contributed by atoms with van der Waals surface area (Å²) in [6.45, 7) is 0. The zero-order chi connectivity index (χ0) is 14.5. The molecule has 0 fully saturated rings. The van der Waals surface area contributed by atoms with Crippen molar-refractivity contribution < 1.29 is 77.3 Å². The SMILES string of the molecule is O=S(=O)(O)C(F)(F)C(F)(F)C(F)(F)C(F)(F)F.[Cl-].[Cl-].[Mg+2]. The maximum atomic E-state index is 12.2. The van der Waals surface area contributed by atoms with E-state index in [1.165, 1.54) is 0 Å². The third-order valence-electron chi connectivity index (χ3n) is 1.44. The Balaban J connectivity index is -0.000000427. The van der Waals surface area contributed by atoms with E-state index in [0.717, 1.165) is 0 Å². The summed E-state index contributed by atoms with van der Waals surface area (Å²) >= 11 is 0. The topological polar surface area (TPSA) is 54.4 Å². The molecule has 0 unspecified atom stereocenters. The number of rotatable bonds is 3. The second-order valence-corrected chi connectivity index (χ2v) is 4.10. The molecular formula is C4HCl2F9MgO3S. The van der Waals surface area contributed by atoms with Gasteiger partial charge in [0.15, 0.2) is 0 Å². The van der Waals surface area contributed by atoms with Crippen molar-refractivity contribution in [1.29, 1.82) is 0 Å². The maximum absolute atomic E-state index is 12.2. The summed E-state index contributed by atoms with van der Waals surface area (Å²) in [6, 6.07) is 0. The van der Waals surface area contributed by atoms with Gasteiger partial charge in [0.2, 0.25) is 0 Å². The minimum atomic E-state index is -7.37. The van der Waals surface area contributed by atoms with Crippen LogP contribution in [0.4, 0.5) is 39.5 Å². The molecule has 0 atom stereocenters. The van der Waals surface area contributed by atoms with E-state index in [1.807, 2.05) is 0 Å². The minimum Gasteiger partial charge on any atom is -1.00 e. The molecule has 0 heterocycles. The van der Waals surface area contributed by atoms with E-state index in [-0.39, 0.29) is 47.9 Å². The van der Waals surface area contributed by atoms with Crippen LogP contribution in [0.15, 0.2) is 0 Å². The van der Waals surface area contributed by atoms with Gasteiger partial charge in [-0.25, -0.2) is 0 Å². The van der Waals surface area contributed by atoms with Crippen LogP contribution in [0.1, 0.15) is 0 Å². The van der Waals surface area contributed by atoms with E-state index in [9.17, 15) is 47.9 Å². The van der Waals surface area contributed by atoms with Crippen LogP contribution in [0.3, 0.4) is 0 Å². The fourth-order valence-corrected chi connectivity index (χ4v) is 0.975. The molecule has 20 heavy (non-hydrogen) atoms. The number of hydrogen-bond acceptors (Lipinski definition) is 2. The first-order chi connectivity index (χ1) is 7.00. The van der Waals surface area contributed by atoms with Crippen LogP contribution < -0.4 is 24.8 Å². The van der Waals surface area contributed by atoms with Gasteiger partial charge in [-0.05, 0) is 0 Å². The first-order valence-electron chi connectivity index (χ1n) is 3.17.